The van der Waals surface area contributed by atoms with Gasteiger partial charge in [-0.25, -0.2) is 14.0 Å². The zero-order valence-electron chi connectivity index (χ0n) is 21.3. The highest BCUT2D eigenvalue weighted by Gasteiger charge is 2.38. The van der Waals surface area contributed by atoms with Crippen LogP contribution in [-0.2, 0) is 22.3 Å². The number of hydrogen-bond acceptors (Lipinski definition) is 5. The van der Waals surface area contributed by atoms with E-state index in [1.54, 1.807) is 23.0 Å². The maximum Gasteiger partial charge on any atom is 0.490 e. The van der Waals surface area contributed by atoms with E-state index in [4.69, 9.17) is 31.0 Å². The molecular formula is C25H22ClF7N4O5. The quantitative estimate of drug-likeness (QED) is 0.341. The molecule has 1 atom stereocenters. The molecule has 1 saturated heterocycles. The Morgan fingerprint density at radius 2 is 1.79 bits per heavy atom. The molecular weight excluding hydrogens is 605 g/mol. The number of aromatic nitrogens is 2. The summed E-state index contributed by atoms with van der Waals surface area (Å²) in [4.78, 5) is 23.1. The van der Waals surface area contributed by atoms with E-state index in [2.05, 4.69) is 10.4 Å². The number of urea groups is 1. The highest BCUT2D eigenvalue weighted by atomic mass is 35.5. The largest absolute Gasteiger partial charge is 0.490 e. The lowest BCUT2D eigenvalue weighted by Crippen LogP contribution is -2.49. The summed E-state index contributed by atoms with van der Waals surface area (Å²) in [5.41, 5.74) is 0.457. The van der Waals surface area contributed by atoms with E-state index in [0.29, 0.717) is 18.8 Å². The van der Waals surface area contributed by atoms with E-state index in [-0.39, 0.29) is 42.4 Å². The topological polar surface area (TPSA) is 106 Å². The third-order valence-electron chi connectivity index (χ3n) is 5.49. The Bertz CT molecular complexity index is 1370. The van der Waals surface area contributed by atoms with Crippen molar-refractivity contribution < 1.29 is 54.9 Å². The molecule has 2 aromatic carbocycles. The van der Waals surface area contributed by atoms with Gasteiger partial charge in [0.25, 0.3) is 0 Å². The van der Waals surface area contributed by atoms with Crippen molar-refractivity contribution in [2.75, 3.05) is 31.6 Å². The van der Waals surface area contributed by atoms with Gasteiger partial charge >= 0.3 is 24.4 Å². The number of anilines is 1. The van der Waals surface area contributed by atoms with Crippen molar-refractivity contribution in [3.8, 4) is 5.75 Å². The first kappa shape index (κ1) is 32.5. The smallest absolute Gasteiger partial charge is 0.489 e. The average Bonchev–Trinajstić information content (AvgIpc) is 3.35. The van der Waals surface area contributed by atoms with Gasteiger partial charge in [-0.3, -0.25) is 4.68 Å². The van der Waals surface area contributed by atoms with Gasteiger partial charge in [0.05, 0.1) is 42.2 Å². The van der Waals surface area contributed by atoms with Crippen LogP contribution >= 0.6 is 11.6 Å². The number of alkyl halides is 6. The summed E-state index contributed by atoms with van der Waals surface area (Å²) < 4.78 is 96.3. The molecule has 228 valence electrons. The summed E-state index contributed by atoms with van der Waals surface area (Å²) >= 11 is 5.96. The molecule has 1 unspecified atom stereocenters. The van der Waals surface area contributed by atoms with Crippen molar-refractivity contribution in [3.63, 3.8) is 0 Å². The second-order valence-electron chi connectivity index (χ2n) is 8.68. The number of morpholine rings is 1. The minimum absolute atomic E-state index is 0.0426. The van der Waals surface area contributed by atoms with Crippen molar-refractivity contribution >= 4 is 29.3 Å². The van der Waals surface area contributed by atoms with Crippen LogP contribution in [0.5, 0.6) is 5.75 Å². The van der Waals surface area contributed by atoms with E-state index < -0.39 is 30.0 Å². The number of carboxylic acid groups (broad SMARTS) is 1. The number of hydrogen-bond donors (Lipinski definition) is 2. The monoisotopic (exact) mass is 626 g/mol. The first-order valence-electron chi connectivity index (χ1n) is 11.9. The molecule has 2 heterocycles. The molecule has 2 N–H and O–H groups in total. The van der Waals surface area contributed by atoms with Crippen LogP contribution in [0.25, 0.3) is 0 Å². The first-order valence-corrected chi connectivity index (χ1v) is 12.2. The van der Waals surface area contributed by atoms with Gasteiger partial charge in [-0.2, -0.15) is 31.4 Å². The number of nitrogens with zero attached hydrogens (tertiary/aromatic N) is 3. The SMILES string of the molecule is O=C(Nc1cnn(Cc2ccc(F)cc2)c1)N1CCOC(COc2cc(C(F)(F)F)ccc2Cl)C1.O=C(O)C(F)(F)F. The van der Waals surface area contributed by atoms with Crippen LogP contribution in [-0.4, -0.2) is 70.4 Å². The van der Waals surface area contributed by atoms with Gasteiger partial charge in [0, 0.05) is 12.7 Å². The second-order valence-corrected chi connectivity index (χ2v) is 9.09. The molecule has 42 heavy (non-hydrogen) atoms. The summed E-state index contributed by atoms with van der Waals surface area (Å²) in [5.74, 6) is -3.19. The lowest BCUT2D eigenvalue weighted by atomic mass is 10.2. The molecule has 0 spiro atoms. The highest BCUT2D eigenvalue weighted by molar-refractivity contribution is 6.32. The van der Waals surface area contributed by atoms with Crippen molar-refractivity contribution in [2.24, 2.45) is 0 Å². The molecule has 3 aromatic rings. The number of nitrogens with one attached hydrogen (secondary N) is 1. The standard InChI is InChI=1S/C23H21ClF4N4O3.C2HF3O2/c24-20-6-3-16(23(26,27)28)9-21(20)35-14-19-13-31(7-8-34-19)22(33)30-18-10-29-32(12-18)11-15-1-4-17(25)5-2-15;3-2(4,5)1(6)7/h1-6,9-10,12,19H,7-8,11,13-14H2,(H,30,33);(H,6,7). The third kappa shape index (κ3) is 9.80. The van der Waals surface area contributed by atoms with Crippen molar-refractivity contribution in [2.45, 2.75) is 25.0 Å². The lowest BCUT2D eigenvalue weighted by molar-refractivity contribution is -0.192. The highest BCUT2D eigenvalue weighted by Crippen LogP contribution is 2.35. The Labute approximate surface area is 238 Å². The number of benzene rings is 2. The first-order chi connectivity index (χ1) is 19.6. The van der Waals surface area contributed by atoms with Gasteiger partial charge in [0.2, 0.25) is 0 Å². The predicted octanol–water partition coefficient (Wildman–Crippen LogP) is 5.69. The Hall–Kier alpha value is -4.05. The van der Waals surface area contributed by atoms with Gasteiger partial charge in [0.1, 0.15) is 24.3 Å². The van der Waals surface area contributed by atoms with Crippen molar-refractivity contribution in [3.05, 3.63) is 76.8 Å². The lowest BCUT2D eigenvalue weighted by Gasteiger charge is -2.32. The number of halogens is 8. The van der Waals surface area contributed by atoms with E-state index >= 15 is 0 Å². The Kier molecular flexibility index (Phi) is 10.6. The summed E-state index contributed by atoms with van der Waals surface area (Å²) in [6.45, 7) is 1.07. The van der Waals surface area contributed by atoms with Crippen molar-refractivity contribution in [1.82, 2.24) is 14.7 Å². The van der Waals surface area contributed by atoms with E-state index in [1.807, 2.05) is 0 Å². The molecule has 1 aliphatic heterocycles. The number of rotatable bonds is 6. The van der Waals surface area contributed by atoms with Crippen LogP contribution in [0.1, 0.15) is 11.1 Å². The zero-order chi connectivity index (χ0) is 31.1. The van der Waals surface area contributed by atoms with Gasteiger partial charge in [-0.1, -0.05) is 23.7 Å². The average molecular weight is 627 g/mol. The number of carboxylic acids is 1. The molecule has 17 heteroatoms. The van der Waals surface area contributed by atoms with E-state index in [9.17, 15) is 35.5 Å². The Morgan fingerprint density at radius 3 is 2.40 bits per heavy atom. The Morgan fingerprint density at radius 1 is 1.12 bits per heavy atom. The number of aliphatic carboxylic acids is 1. The fraction of sp³-hybridized carbons (Fsp3) is 0.320. The maximum absolute atomic E-state index is 13.1. The van der Waals surface area contributed by atoms with Crippen LogP contribution in [0.4, 0.5) is 41.2 Å². The molecule has 1 aliphatic rings. The van der Waals surface area contributed by atoms with Crippen LogP contribution < -0.4 is 10.1 Å². The normalized spacial score (nSPS) is 15.4. The molecule has 9 nitrogen and oxygen atoms in total. The zero-order valence-corrected chi connectivity index (χ0v) is 22.0. The van der Waals surface area contributed by atoms with Crippen LogP contribution in [0.2, 0.25) is 5.02 Å². The number of ether oxygens (including phenoxy) is 2. The van der Waals surface area contributed by atoms with Gasteiger partial charge in [0.15, 0.2) is 0 Å². The molecule has 0 radical (unpaired) electrons. The van der Waals surface area contributed by atoms with Gasteiger partial charge in [-0.05, 0) is 35.9 Å². The van der Waals surface area contributed by atoms with Crippen LogP contribution in [0, 0.1) is 5.82 Å². The maximum atomic E-state index is 13.1. The molecule has 1 fully saturated rings. The Balaban J connectivity index is 0.000000616. The molecule has 0 aliphatic carbocycles. The van der Waals surface area contributed by atoms with Gasteiger partial charge < -0.3 is 24.8 Å². The third-order valence-corrected chi connectivity index (χ3v) is 5.81. The summed E-state index contributed by atoms with van der Waals surface area (Å²) in [6.07, 6.45) is -7.01. The molecule has 1 aromatic heterocycles. The predicted molar refractivity (Wildman–Crippen MR) is 134 cm³/mol. The number of carbonyl (C=O) groups is 2. The molecule has 4 rings (SSSR count). The summed E-state index contributed by atoms with van der Waals surface area (Å²) in [6, 6.07) is 8.48. The van der Waals surface area contributed by atoms with Crippen molar-refractivity contribution in [1.29, 1.82) is 0 Å². The number of carbonyl (C=O) groups excluding carboxylic acids is 1. The minimum Gasteiger partial charge on any atom is -0.489 e. The molecule has 0 bridgehead atoms. The minimum atomic E-state index is -5.08. The van der Waals surface area contributed by atoms with E-state index in [0.717, 1.165) is 23.8 Å². The summed E-state index contributed by atoms with van der Waals surface area (Å²) in [7, 11) is 0. The second kappa shape index (κ2) is 13.7. The fourth-order valence-electron chi connectivity index (χ4n) is 3.47. The fourth-order valence-corrected chi connectivity index (χ4v) is 3.64. The number of amides is 2. The molecule has 2 amide bonds. The molecule has 0 saturated carbocycles. The van der Waals surface area contributed by atoms with E-state index in [1.165, 1.54) is 23.2 Å². The summed E-state index contributed by atoms with van der Waals surface area (Å²) in [5, 5.41) is 14.1. The van der Waals surface area contributed by atoms with Gasteiger partial charge in [-0.15, -0.1) is 0 Å². The van der Waals surface area contributed by atoms with Crippen LogP contribution in [0.3, 0.4) is 0 Å². The van der Waals surface area contributed by atoms with Crippen LogP contribution in [0.15, 0.2) is 54.9 Å².